The van der Waals surface area contributed by atoms with Crippen molar-refractivity contribution in [2.45, 2.75) is 12.5 Å². The minimum atomic E-state index is -1.23. The first-order valence-electron chi connectivity index (χ1n) is 6.38. The van der Waals surface area contributed by atoms with Gasteiger partial charge in [-0.05, 0) is 17.7 Å². The van der Waals surface area contributed by atoms with Crippen LogP contribution in [0.4, 0.5) is 0 Å². The summed E-state index contributed by atoms with van der Waals surface area (Å²) in [6.45, 7) is 0. The first-order chi connectivity index (χ1) is 10.1. The van der Waals surface area contributed by atoms with E-state index in [0.717, 1.165) is 0 Å². The van der Waals surface area contributed by atoms with Gasteiger partial charge in [-0.2, -0.15) is 0 Å². The molecule has 2 aromatic rings. The number of halogens is 1. The number of carbonyl (C=O) groups excluding carboxylic acids is 2. The van der Waals surface area contributed by atoms with Gasteiger partial charge < -0.3 is 15.2 Å². The molecule has 0 aromatic heterocycles. The van der Waals surface area contributed by atoms with Gasteiger partial charge >= 0.3 is 0 Å². The van der Waals surface area contributed by atoms with E-state index >= 15 is 0 Å². The fourth-order valence-electron chi connectivity index (χ4n) is 1.99. The molecule has 0 bridgehead atoms. The molecule has 5 heteroatoms. The summed E-state index contributed by atoms with van der Waals surface area (Å²) in [4.78, 5) is 23.1. The van der Waals surface area contributed by atoms with Gasteiger partial charge in [-0.3, -0.25) is 4.79 Å². The second-order valence-electron chi connectivity index (χ2n) is 4.49. The predicted octanol–water partition coefficient (Wildman–Crippen LogP) is 1.95. The SMILES string of the molecule is O=C([O-])C[C@@H](NC(=O)c1ccccc1Cl)c1ccccc1. The monoisotopic (exact) mass is 302 g/mol. The average molecular weight is 303 g/mol. The van der Waals surface area contributed by atoms with Gasteiger partial charge in [0.15, 0.2) is 0 Å². The van der Waals surface area contributed by atoms with Crippen LogP contribution in [0.25, 0.3) is 0 Å². The van der Waals surface area contributed by atoms with Crippen molar-refractivity contribution in [2.24, 2.45) is 0 Å². The lowest BCUT2D eigenvalue weighted by molar-refractivity contribution is -0.306. The average Bonchev–Trinajstić information content (AvgIpc) is 2.47. The number of amides is 1. The number of carbonyl (C=O) groups is 2. The Balaban J connectivity index is 2.21. The molecule has 0 aliphatic rings. The zero-order valence-corrected chi connectivity index (χ0v) is 11.8. The Morgan fingerprint density at radius 3 is 2.29 bits per heavy atom. The molecular formula is C16H13ClNO3-. The lowest BCUT2D eigenvalue weighted by atomic mass is 10.0. The first-order valence-corrected chi connectivity index (χ1v) is 6.76. The molecule has 0 unspecified atom stereocenters. The molecule has 0 radical (unpaired) electrons. The van der Waals surface area contributed by atoms with Crippen LogP contribution in [0.2, 0.25) is 5.02 Å². The summed E-state index contributed by atoms with van der Waals surface area (Å²) in [7, 11) is 0. The summed E-state index contributed by atoms with van der Waals surface area (Å²) >= 11 is 5.96. The molecular weight excluding hydrogens is 290 g/mol. The quantitative estimate of drug-likeness (QED) is 0.918. The van der Waals surface area contributed by atoms with Crippen LogP contribution in [-0.2, 0) is 4.79 Å². The van der Waals surface area contributed by atoms with Crippen LogP contribution in [0.15, 0.2) is 54.6 Å². The van der Waals surface area contributed by atoms with Crippen molar-refractivity contribution in [3.8, 4) is 0 Å². The minimum absolute atomic E-state index is 0.304. The lowest BCUT2D eigenvalue weighted by Gasteiger charge is -2.20. The molecule has 0 spiro atoms. The topological polar surface area (TPSA) is 69.2 Å². The lowest BCUT2D eigenvalue weighted by Crippen LogP contribution is -2.34. The van der Waals surface area contributed by atoms with E-state index in [4.69, 9.17) is 11.6 Å². The summed E-state index contributed by atoms with van der Waals surface area (Å²) in [5.74, 6) is -1.65. The van der Waals surface area contributed by atoms with Crippen LogP contribution in [-0.4, -0.2) is 11.9 Å². The highest BCUT2D eigenvalue weighted by molar-refractivity contribution is 6.33. The summed E-state index contributed by atoms with van der Waals surface area (Å²) in [6.07, 6.45) is -0.305. The third-order valence-corrected chi connectivity index (χ3v) is 3.33. The van der Waals surface area contributed by atoms with Crippen LogP contribution in [0.1, 0.15) is 28.4 Å². The fraction of sp³-hybridized carbons (Fsp3) is 0.125. The summed E-state index contributed by atoms with van der Waals surface area (Å²) in [5.41, 5.74) is 1.00. The van der Waals surface area contributed by atoms with Crippen LogP contribution in [0.5, 0.6) is 0 Å². The van der Waals surface area contributed by atoms with Crippen molar-refractivity contribution < 1.29 is 14.7 Å². The predicted molar refractivity (Wildman–Crippen MR) is 77.7 cm³/mol. The van der Waals surface area contributed by atoms with Gasteiger partial charge in [0.25, 0.3) is 5.91 Å². The molecule has 1 amide bonds. The second kappa shape index (κ2) is 6.90. The first kappa shape index (κ1) is 15.1. The number of hydrogen-bond donors (Lipinski definition) is 1. The molecule has 0 fully saturated rings. The van der Waals surface area contributed by atoms with E-state index in [1.165, 1.54) is 0 Å². The van der Waals surface area contributed by atoms with Gasteiger partial charge in [0, 0.05) is 12.4 Å². The van der Waals surface area contributed by atoms with Crippen LogP contribution >= 0.6 is 11.6 Å². The van der Waals surface area contributed by atoms with Crippen molar-refractivity contribution in [2.75, 3.05) is 0 Å². The zero-order chi connectivity index (χ0) is 15.2. The van der Waals surface area contributed by atoms with E-state index in [1.807, 2.05) is 6.07 Å². The van der Waals surface area contributed by atoms with Gasteiger partial charge in [0.1, 0.15) is 0 Å². The fourth-order valence-corrected chi connectivity index (χ4v) is 2.21. The number of benzene rings is 2. The maximum absolute atomic E-state index is 12.2. The molecule has 108 valence electrons. The Labute approximate surface area is 127 Å². The van der Waals surface area contributed by atoms with E-state index in [1.54, 1.807) is 48.5 Å². The molecule has 2 rings (SSSR count). The van der Waals surface area contributed by atoms with Crippen molar-refractivity contribution in [3.05, 3.63) is 70.7 Å². The van der Waals surface area contributed by atoms with Gasteiger partial charge in [-0.1, -0.05) is 54.1 Å². The Morgan fingerprint density at radius 1 is 1.05 bits per heavy atom. The minimum Gasteiger partial charge on any atom is -0.550 e. The Morgan fingerprint density at radius 2 is 1.67 bits per heavy atom. The molecule has 4 nitrogen and oxygen atoms in total. The molecule has 0 heterocycles. The highest BCUT2D eigenvalue weighted by atomic mass is 35.5. The van der Waals surface area contributed by atoms with E-state index in [2.05, 4.69) is 5.32 Å². The standard InChI is InChI=1S/C16H14ClNO3/c17-13-9-5-4-8-12(13)16(21)18-14(10-15(19)20)11-6-2-1-3-7-11/h1-9,14H,10H2,(H,18,21)(H,19,20)/p-1/t14-/m1/s1. The number of aliphatic carboxylic acids is 1. The second-order valence-corrected chi connectivity index (χ2v) is 4.90. The van der Waals surface area contributed by atoms with Crippen LogP contribution < -0.4 is 10.4 Å². The smallest absolute Gasteiger partial charge is 0.253 e. The molecule has 2 aromatic carbocycles. The zero-order valence-electron chi connectivity index (χ0n) is 11.1. The Bertz CT molecular complexity index is 643. The van der Waals surface area contributed by atoms with Crippen molar-refractivity contribution in [1.82, 2.24) is 5.32 Å². The number of nitrogens with one attached hydrogen (secondary N) is 1. The summed E-state index contributed by atoms with van der Waals surface area (Å²) < 4.78 is 0. The van der Waals surface area contributed by atoms with Crippen LogP contribution in [0.3, 0.4) is 0 Å². The molecule has 21 heavy (non-hydrogen) atoms. The number of carboxylic acid groups (broad SMARTS) is 1. The molecule has 1 atom stereocenters. The van der Waals surface area contributed by atoms with E-state index in [9.17, 15) is 14.7 Å². The van der Waals surface area contributed by atoms with Crippen molar-refractivity contribution in [1.29, 1.82) is 0 Å². The van der Waals surface area contributed by atoms with E-state index in [-0.39, 0.29) is 6.42 Å². The third-order valence-electron chi connectivity index (χ3n) is 3.00. The molecule has 0 saturated heterocycles. The largest absolute Gasteiger partial charge is 0.550 e. The summed E-state index contributed by atoms with van der Waals surface area (Å²) in [6, 6.07) is 14.8. The van der Waals surface area contributed by atoms with Crippen molar-refractivity contribution >= 4 is 23.5 Å². The number of rotatable bonds is 5. The Hall–Kier alpha value is -2.33. The normalized spacial score (nSPS) is 11.7. The van der Waals surface area contributed by atoms with Gasteiger partial charge in [0.05, 0.1) is 16.6 Å². The van der Waals surface area contributed by atoms with Gasteiger partial charge in [0.2, 0.25) is 0 Å². The highest BCUT2D eigenvalue weighted by Crippen LogP contribution is 2.19. The van der Waals surface area contributed by atoms with Crippen molar-refractivity contribution in [3.63, 3.8) is 0 Å². The molecule has 0 aliphatic heterocycles. The maximum Gasteiger partial charge on any atom is 0.253 e. The highest BCUT2D eigenvalue weighted by Gasteiger charge is 2.17. The third kappa shape index (κ3) is 4.07. The van der Waals surface area contributed by atoms with Gasteiger partial charge in [-0.25, -0.2) is 0 Å². The van der Waals surface area contributed by atoms with Gasteiger partial charge in [-0.15, -0.1) is 0 Å². The molecule has 0 saturated carbocycles. The van der Waals surface area contributed by atoms with E-state index < -0.39 is 17.9 Å². The summed E-state index contributed by atoms with van der Waals surface area (Å²) in [5, 5.41) is 13.9. The van der Waals surface area contributed by atoms with Crippen LogP contribution in [0, 0.1) is 0 Å². The number of hydrogen-bond acceptors (Lipinski definition) is 3. The molecule has 0 aliphatic carbocycles. The number of carboxylic acids is 1. The Kier molecular flexibility index (Phi) is 4.95. The van der Waals surface area contributed by atoms with E-state index in [0.29, 0.717) is 16.1 Å². The molecule has 1 N–H and O–H groups in total. The maximum atomic E-state index is 12.2.